The van der Waals surface area contributed by atoms with Gasteiger partial charge in [-0.3, -0.25) is 4.79 Å². The fraction of sp³-hybridized carbons (Fsp3) is 0.417. The van der Waals surface area contributed by atoms with Crippen LogP contribution in [-0.4, -0.2) is 18.0 Å². The Kier molecular flexibility index (Phi) is 3.85. The van der Waals surface area contributed by atoms with Crippen molar-refractivity contribution >= 4 is 27.5 Å². The molecular formula is C12H13BrF2N2O. The lowest BCUT2D eigenvalue weighted by Gasteiger charge is -2.16. The van der Waals surface area contributed by atoms with Crippen LogP contribution in [0.2, 0.25) is 0 Å². The maximum Gasteiger partial charge on any atom is 0.242 e. The lowest BCUT2D eigenvalue weighted by Crippen LogP contribution is -2.38. The van der Waals surface area contributed by atoms with Crippen LogP contribution in [0.25, 0.3) is 0 Å². The zero-order valence-corrected chi connectivity index (χ0v) is 11.4. The van der Waals surface area contributed by atoms with Crippen molar-refractivity contribution in [2.75, 3.05) is 5.32 Å². The maximum absolute atomic E-state index is 13.5. The average Bonchev–Trinajstić information content (AvgIpc) is 3.06. The van der Waals surface area contributed by atoms with E-state index in [0.29, 0.717) is 0 Å². The van der Waals surface area contributed by atoms with Crippen LogP contribution in [0.15, 0.2) is 16.6 Å². The number of hydrogen-bond acceptors (Lipinski definition) is 2. The number of carbonyl (C=O) groups excluding carboxylic acids is 1. The van der Waals surface area contributed by atoms with Crippen molar-refractivity contribution < 1.29 is 13.6 Å². The molecule has 2 rings (SSSR count). The minimum Gasteiger partial charge on any atom is -0.371 e. The van der Waals surface area contributed by atoms with E-state index < -0.39 is 17.7 Å². The van der Waals surface area contributed by atoms with Gasteiger partial charge in [-0.25, -0.2) is 8.78 Å². The molecule has 1 unspecified atom stereocenters. The van der Waals surface area contributed by atoms with Gasteiger partial charge in [0.15, 0.2) is 0 Å². The van der Waals surface area contributed by atoms with E-state index in [2.05, 4.69) is 26.6 Å². The molecule has 1 aliphatic rings. The quantitative estimate of drug-likeness (QED) is 0.896. The summed E-state index contributed by atoms with van der Waals surface area (Å²) >= 11 is 3.06. The molecule has 1 aromatic rings. The minimum atomic E-state index is -0.729. The molecule has 1 fully saturated rings. The van der Waals surface area contributed by atoms with Gasteiger partial charge < -0.3 is 10.6 Å². The second kappa shape index (κ2) is 5.22. The van der Waals surface area contributed by atoms with Crippen LogP contribution >= 0.6 is 15.9 Å². The monoisotopic (exact) mass is 318 g/mol. The highest BCUT2D eigenvalue weighted by Crippen LogP contribution is 2.27. The van der Waals surface area contributed by atoms with Crippen molar-refractivity contribution in [3.8, 4) is 0 Å². The van der Waals surface area contributed by atoms with Crippen LogP contribution in [0.3, 0.4) is 0 Å². The van der Waals surface area contributed by atoms with Crippen LogP contribution in [0, 0.1) is 11.6 Å². The molecule has 0 saturated heterocycles. The normalized spacial score (nSPS) is 16.2. The summed E-state index contributed by atoms with van der Waals surface area (Å²) in [7, 11) is 0. The van der Waals surface area contributed by atoms with Gasteiger partial charge in [0.2, 0.25) is 5.91 Å². The third-order valence-electron chi connectivity index (χ3n) is 2.68. The van der Waals surface area contributed by atoms with Crippen molar-refractivity contribution in [3.63, 3.8) is 0 Å². The molecule has 1 atom stereocenters. The van der Waals surface area contributed by atoms with Crippen LogP contribution in [0.5, 0.6) is 0 Å². The standard InChI is InChI=1S/C12H13BrF2N2O/c1-6(12(18)17-8-2-3-8)16-11-9(13)4-7(14)5-10(11)15/h4-6,8,16H,2-3H2,1H3,(H,17,18). The highest BCUT2D eigenvalue weighted by Gasteiger charge is 2.26. The van der Waals surface area contributed by atoms with E-state index in [4.69, 9.17) is 0 Å². The van der Waals surface area contributed by atoms with Crippen LogP contribution < -0.4 is 10.6 Å². The first kappa shape index (κ1) is 13.3. The summed E-state index contributed by atoms with van der Waals surface area (Å²) in [5, 5.41) is 5.55. The van der Waals surface area contributed by atoms with Gasteiger partial charge in [0.1, 0.15) is 17.7 Å². The molecule has 0 aromatic heterocycles. The van der Waals surface area contributed by atoms with E-state index in [1.54, 1.807) is 6.92 Å². The molecule has 0 aliphatic heterocycles. The van der Waals surface area contributed by atoms with Crippen LogP contribution in [0.1, 0.15) is 19.8 Å². The lowest BCUT2D eigenvalue weighted by molar-refractivity contribution is -0.121. The van der Waals surface area contributed by atoms with E-state index in [9.17, 15) is 13.6 Å². The SMILES string of the molecule is CC(Nc1c(F)cc(F)cc1Br)C(=O)NC1CC1. The predicted octanol–water partition coefficient (Wildman–Crippen LogP) is 2.81. The first-order valence-electron chi connectivity index (χ1n) is 5.69. The van der Waals surface area contributed by atoms with Gasteiger partial charge >= 0.3 is 0 Å². The molecule has 0 spiro atoms. The Hall–Kier alpha value is -1.17. The Balaban J connectivity index is 2.05. The molecule has 1 aromatic carbocycles. The van der Waals surface area contributed by atoms with E-state index in [1.165, 1.54) is 0 Å². The lowest BCUT2D eigenvalue weighted by atomic mass is 10.2. The number of anilines is 1. The summed E-state index contributed by atoms with van der Waals surface area (Å²) < 4.78 is 26.7. The van der Waals surface area contributed by atoms with Crippen LogP contribution in [-0.2, 0) is 4.79 Å². The van der Waals surface area contributed by atoms with Crippen molar-refractivity contribution in [1.82, 2.24) is 5.32 Å². The third kappa shape index (κ3) is 3.19. The molecule has 1 aliphatic carbocycles. The first-order chi connectivity index (χ1) is 8.47. The largest absolute Gasteiger partial charge is 0.371 e. The van der Waals surface area contributed by atoms with Gasteiger partial charge in [0, 0.05) is 16.6 Å². The molecular weight excluding hydrogens is 306 g/mol. The van der Waals surface area contributed by atoms with Gasteiger partial charge in [-0.05, 0) is 41.8 Å². The number of carbonyl (C=O) groups is 1. The Labute approximate surface area is 112 Å². The summed E-state index contributed by atoms with van der Waals surface area (Å²) in [6.45, 7) is 1.63. The molecule has 0 radical (unpaired) electrons. The summed E-state index contributed by atoms with van der Waals surface area (Å²) in [6.07, 6.45) is 1.99. The van der Waals surface area contributed by atoms with Gasteiger partial charge in [0.25, 0.3) is 0 Å². The van der Waals surface area contributed by atoms with Gasteiger partial charge in [-0.1, -0.05) is 0 Å². The fourth-order valence-electron chi connectivity index (χ4n) is 1.52. The minimum absolute atomic E-state index is 0.0925. The molecule has 3 nitrogen and oxygen atoms in total. The molecule has 0 heterocycles. The van der Waals surface area contributed by atoms with E-state index >= 15 is 0 Å². The van der Waals surface area contributed by atoms with Crippen molar-refractivity contribution in [2.24, 2.45) is 0 Å². The molecule has 18 heavy (non-hydrogen) atoms. The summed E-state index contributed by atoms with van der Waals surface area (Å²) in [5.74, 6) is -1.58. The number of halogens is 3. The highest BCUT2D eigenvalue weighted by atomic mass is 79.9. The summed E-state index contributed by atoms with van der Waals surface area (Å²) in [6, 6.07) is 1.60. The van der Waals surface area contributed by atoms with Gasteiger partial charge in [-0.2, -0.15) is 0 Å². The molecule has 1 amide bonds. The molecule has 1 saturated carbocycles. The molecule has 0 bridgehead atoms. The number of hydrogen-bond donors (Lipinski definition) is 2. The van der Waals surface area contributed by atoms with Gasteiger partial charge in [0.05, 0.1) is 5.69 Å². The Morgan fingerprint density at radius 3 is 2.67 bits per heavy atom. The predicted molar refractivity (Wildman–Crippen MR) is 68.3 cm³/mol. The third-order valence-corrected chi connectivity index (χ3v) is 3.31. The smallest absolute Gasteiger partial charge is 0.242 e. The van der Waals surface area contributed by atoms with Crippen molar-refractivity contribution in [2.45, 2.75) is 31.8 Å². The Morgan fingerprint density at radius 2 is 2.11 bits per heavy atom. The molecule has 6 heteroatoms. The first-order valence-corrected chi connectivity index (χ1v) is 6.48. The Morgan fingerprint density at radius 1 is 1.44 bits per heavy atom. The van der Waals surface area contributed by atoms with Gasteiger partial charge in [-0.15, -0.1) is 0 Å². The second-order valence-corrected chi connectivity index (χ2v) is 5.25. The molecule has 2 N–H and O–H groups in total. The van der Waals surface area contributed by atoms with Crippen molar-refractivity contribution in [3.05, 3.63) is 28.2 Å². The number of benzene rings is 1. The number of nitrogens with one attached hydrogen (secondary N) is 2. The second-order valence-electron chi connectivity index (χ2n) is 4.39. The summed E-state index contributed by atoms with van der Waals surface area (Å²) in [5.41, 5.74) is 0.0925. The maximum atomic E-state index is 13.5. The van der Waals surface area contributed by atoms with Crippen molar-refractivity contribution in [1.29, 1.82) is 0 Å². The van der Waals surface area contributed by atoms with E-state index in [1.807, 2.05) is 0 Å². The number of amides is 1. The zero-order chi connectivity index (χ0) is 13.3. The van der Waals surface area contributed by atoms with E-state index in [0.717, 1.165) is 25.0 Å². The fourth-order valence-corrected chi connectivity index (χ4v) is 2.04. The zero-order valence-electron chi connectivity index (χ0n) is 9.77. The van der Waals surface area contributed by atoms with E-state index in [-0.39, 0.29) is 22.1 Å². The summed E-state index contributed by atoms with van der Waals surface area (Å²) in [4.78, 5) is 11.7. The van der Waals surface area contributed by atoms with Crippen LogP contribution in [0.4, 0.5) is 14.5 Å². The molecule has 98 valence electrons. The topological polar surface area (TPSA) is 41.1 Å². The Bertz CT molecular complexity index is 454. The number of rotatable bonds is 4. The highest BCUT2D eigenvalue weighted by molar-refractivity contribution is 9.10. The average molecular weight is 319 g/mol.